The predicted molar refractivity (Wildman–Crippen MR) is 101 cm³/mol. The highest BCUT2D eigenvalue weighted by Gasteiger charge is 2.18. The lowest BCUT2D eigenvalue weighted by Gasteiger charge is -2.23. The van der Waals surface area contributed by atoms with Gasteiger partial charge in [0, 0.05) is 12.1 Å². The minimum absolute atomic E-state index is 0.0516. The second-order valence-corrected chi connectivity index (χ2v) is 6.23. The third-order valence-electron chi connectivity index (χ3n) is 4.39. The Labute approximate surface area is 149 Å². The Balaban J connectivity index is 1.50. The fourth-order valence-electron chi connectivity index (χ4n) is 3.09. The summed E-state index contributed by atoms with van der Waals surface area (Å²) >= 11 is 0. The fraction of sp³-hybridized carbons (Fsp3) is 0.286. The van der Waals surface area contributed by atoms with E-state index in [1.807, 2.05) is 37.3 Å². The summed E-state index contributed by atoms with van der Waals surface area (Å²) in [5, 5.41) is 2.97. The molecule has 0 spiro atoms. The molecule has 0 aromatic heterocycles. The summed E-state index contributed by atoms with van der Waals surface area (Å²) in [7, 11) is 0. The minimum Gasteiger partial charge on any atom is -0.494 e. The maximum Gasteiger partial charge on any atom is 0.279 e. The summed E-state index contributed by atoms with van der Waals surface area (Å²) in [6.07, 6.45) is 3.27. The molecule has 2 N–H and O–H groups in total. The molecule has 3 rings (SSSR count). The predicted octanol–water partition coefficient (Wildman–Crippen LogP) is 2.40. The number of hydrogen-bond donors (Lipinski definition) is 2. The topological polar surface area (TPSA) is 42.8 Å². The number of rotatable bonds is 6. The van der Waals surface area contributed by atoms with Crippen LogP contribution in [0.2, 0.25) is 0 Å². The summed E-state index contributed by atoms with van der Waals surface area (Å²) in [5.74, 6) is 0.872. The van der Waals surface area contributed by atoms with E-state index in [2.05, 4.69) is 35.7 Å². The van der Waals surface area contributed by atoms with Gasteiger partial charge in [-0.1, -0.05) is 30.3 Å². The molecule has 0 fully saturated rings. The zero-order valence-electron chi connectivity index (χ0n) is 14.6. The quantitative estimate of drug-likeness (QED) is 0.850. The Kier molecular flexibility index (Phi) is 5.86. The first-order valence-electron chi connectivity index (χ1n) is 8.85. The highest BCUT2D eigenvalue weighted by molar-refractivity contribution is 5.91. The van der Waals surface area contributed by atoms with Gasteiger partial charge in [0.1, 0.15) is 5.75 Å². The third kappa shape index (κ3) is 4.94. The average Bonchev–Trinajstić information content (AvgIpc) is 2.65. The molecule has 0 radical (unpaired) electrons. The first kappa shape index (κ1) is 17.2. The van der Waals surface area contributed by atoms with Gasteiger partial charge in [-0.2, -0.15) is 0 Å². The first-order valence-corrected chi connectivity index (χ1v) is 8.85. The molecule has 25 heavy (non-hydrogen) atoms. The van der Waals surface area contributed by atoms with Gasteiger partial charge in [0.2, 0.25) is 0 Å². The van der Waals surface area contributed by atoms with Crippen LogP contribution in [0.15, 0.2) is 60.7 Å². The second-order valence-electron chi connectivity index (χ2n) is 6.23. The van der Waals surface area contributed by atoms with E-state index in [4.69, 9.17) is 4.74 Å². The van der Waals surface area contributed by atoms with E-state index in [0.717, 1.165) is 30.9 Å². The number of quaternary nitrogens is 1. The third-order valence-corrected chi connectivity index (χ3v) is 4.39. The molecule has 0 saturated carbocycles. The second kappa shape index (κ2) is 8.49. The van der Waals surface area contributed by atoms with Crippen LogP contribution in [0.1, 0.15) is 18.9 Å². The maximum atomic E-state index is 12.3. The Morgan fingerprint density at radius 2 is 1.88 bits per heavy atom. The van der Waals surface area contributed by atoms with E-state index in [-0.39, 0.29) is 5.91 Å². The lowest BCUT2D eigenvalue weighted by molar-refractivity contribution is -0.886. The van der Waals surface area contributed by atoms with Crippen LogP contribution in [0, 0.1) is 0 Å². The van der Waals surface area contributed by atoms with Crippen molar-refractivity contribution in [1.29, 1.82) is 0 Å². The van der Waals surface area contributed by atoms with E-state index in [0.29, 0.717) is 13.2 Å². The number of carbonyl (C=O) groups is 1. The molecule has 1 heterocycles. The molecule has 4 nitrogen and oxygen atoms in total. The van der Waals surface area contributed by atoms with Crippen LogP contribution in [0.4, 0.5) is 5.69 Å². The lowest BCUT2D eigenvalue weighted by atomic mass is 10.00. The molecule has 1 aliphatic heterocycles. The summed E-state index contributed by atoms with van der Waals surface area (Å²) in [6, 6.07) is 18.0. The van der Waals surface area contributed by atoms with Gasteiger partial charge in [-0.25, -0.2) is 0 Å². The van der Waals surface area contributed by atoms with E-state index >= 15 is 0 Å². The van der Waals surface area contributed by atoms with Crippen molar-refractivity contribution < 1.29 is 14.4 Å². The summed E-state index contributed by atoms with van der Waals surface area (Å²) < 4.78 is 5.41. The number of anilines is 1. The molecule has 2 aromatic rings. The number of benzene rings is 2. The van der Waals surface area contributed by atoms with Crippen molar-refractivity contribution in [3.63, 3.8) is 0 Å². The van der Waals surface area contributed by atoms with E-state index < -0.39 is 0 Å². The molecule has 1 atom stereocenters. The molecule has 0 bridgehead atoms. The highest BCUT2D eigenvalue weighted by atomic mass is 16.5. The molecular formula is C21H25N2O2+. The van der Waals surface area contributed by atoms with E-state index in [1.165, 1.54) is 16.0 Å². The Bertz CT molecular complexity index is 723. The van der Waals surface area contributed by atoms with Gasteiger partial charge in [0.15, 0.2) is 6.54 Å². The summed E-state index contributed by atoms with van der Waals surface area (Å²) in [5.41, 5.74) is 3.49. The number of nitrogens with one attached hydrogen (secondary N) is 2. The SMILES string of the molecule is CCOc1ccc(NC(=O)C[NH+]2CC=C(c3ccccc3)CC2)cc1. The maximum absolute atomic E-state index is 12.3. The van der Waals surface area contributed by atoms with E-state index in [1.54, 1.807) is 0 Å². The van der Waals surface area contributed by atoms with Crippen molar-refractivity contribution >= 4 is 17.2 Å². The first-order chi connectivity index (χ1) is 12.2. The standard InChI is InChI=1S/C21H24N2O2/c1-2-25-20-10-8-19(9-11-20)22-21(24)16-23-14-12-18(13-15-23)17-6-4-3-5-7-17/h3-12H,2,13-16H2,1H3,(H,22,24)/p+1. The van der Waals surface area contributed by atoms with Gasteiger partial charge < -0.3 is 15.0 Å². The molecule has 2 aromatic carbocycles. The van der Waals surface area contributed by atoms with Crippen molar-refractivity contribution in [2.24, 2.45) is 0 Å². The average molecular weight is 337 g/mol. The summed E-state index contributed by atoms with van der Waals surface area (Å²) in [4.78, 5) is 13.6. The number of amides is 1. The van der Waals surface area contributed by atoms with Crippen LogP contribution in [0.25, 0.3) is 5.57 Å². The lowest BCUT2D eigenvalue weighted by Crippen LogP contribution is -3.13. The van der Waals surface area contributed by atoms with Crippen molar-refractivity contribution in [3.8, 4) is 5.75 Å². The molecule has 0 saturated heterocycles. The van der Waals surface area contributed by atoms with Gasteiger partial charge in [-0.05, 0) is 48.4 Å². The van der Waals surface area contributed by atoms with Crippen LogP contribution >= 0.6 is 0 Å². The van der Waals surface area contributed by atoms with E-state index in [9.17, 15) is 4.79 Å². The molecule has 4 heteroatoms. The van der Waals surface area contributed by atoms with Crippen molar-refractivity contribution in [2.75, 3.05) is 31.6 Å². The number of carbonyl (C=O) groups excluding carboxylic acids is 1. The monoisotopic (exact) mass is 337 g/mol. The molecular weight excluding hydrogens is 312 g/mol. The van der Waals surface area contributed by atoms with Crippen molar-refractivity contribution in [1.82, 2.24) is 0 Å². The highest BCUT2D eigenvalue weighted by Crippen LogP contribution is 2.18. The molecule has 1 amide bonds. The fourth-order valence-corrected chi connectivity index (χ4v) is 3.09. The van der Waals surface area contributed by atoms with Crippen LogP contribution in [0.3, 0.4) is 0 Å². The van der Waals surface area contributed by atoms with Gasteiger partial charge in [-0.15, -0.1) is 0 Å². The van der Waals surface area contributed by atoms with Gasteiger partial charge >= 0.3 is 0 Å². The smallest absolute Gasteiger partial charge is 0.279 e. The Hall–Kier alpha value is -2.59. The molecule has 1 unspecified atom stereocenters. The van der Waals surface area contributed by atoms with Gasteiger partial charge in [0.25, 0.3) is 5.91 Å². The van der Waals surface area contributed by atoms with Crippen LogP contribution < -0.4 is 15.0 Å². The summed E-state index contributed by atoms with van der Waals surface area (Å²) in [6.45, 7) is 4.96. The number of ether oxygens (including phenoxy) is 1. The molecule has 1 aliphatic rings. The van der Waals surface area contributed by atoms with Crippen molar-refractivity contribution in [3.05, 3.63) is 66.2 Å². The zero-order valence-corrected chi connectivity index (χ0v) is 14.6. The van der Waals surface area contributed by atoms with Crippen molar-refractivity contribution in [2.45, 2.75) is 13.3 Å². The van der Waals surface area contributed by atoms with Crippen LogP contribution in [0.5, 0.6) is 5.75 Å². The number of hydrogen-bond acceptors (Lipinski definition) is 2. The van der Waals surface area contributed by atoms with Gasteiger partial charge in [-0.3, -0.25) is 4.79 Å². The zero-order chi connectivity index (χ0) is 17.5. The van der Waals surface area contributed by atoms with Gasteiger partial charge in [0.05, 0.1) is 19.7 Å². The van der Waals surface area contributed by atoms with Crippen LogP contribution in [-0.4, -0.2) is 32.1 Å². The minimum atomic E-state index is 0.0516. The Morgan fingerprint density at radius 1 is 1.12 bits per heavy atom. The molecule has 0 aliphatic carbocycles. The normalized spacial score (nSPS) is 16.8. The van der Waals surface area contributed by atoms with Crippen LogP contribution in [-0.2, 0) is 4.79 Å². The molecule has 130 valence electrons. The largest absolute Gasteiger partial charge is 0.494 e. The Morgan fingerprint density at radius 3 is 2.52 bits per heavy atom.